The van der Waals surface area contributed by atoms with E-state index in [0.29, 0.717) is 18.4 Å². The van der Waals surface area contributed by atoms with Gasteiger partial charge in [0, 0.05) is 25.2 Å². The van der Waals surface area contributed by atoms with Gasteiger partial charge in [-0.2, -0.15) is 0 Å². The van der Waals surface area contributed by atoms with Gasteiger partial charge in [-0.3, -0.25) is 4.90 Å². The van der Waals surface area contributed by atoms with Crippen molar-refractivity contribution in [2.75, 3.05) is 26.3 Å². The van der Waals surface area contributed by atoms with Crippen LogP contribution in [0.15, 0.2) is 54.9 Å². The van der Waals surface area contributed by atoms with E-state index < -0.39 is 0 Å². The summed E-state index contributed by atoms with van der Waals surface area (Å²) in [6, 6.07) is 16.3. The van der Waals surface area contributed by atoms with E-state index in [2.05, 4.69) is 26.6 Å². The van der Waals surface area contributed by atoms with E-state index in [9.17, 15) is 5.11 Å². The minimum absolute atomic E-state index is 0.0183. The minimum Gasteiger partial charge on any atom is -0.491 e. The van der Waals surface area contributed by atoms with Crippen LogP contribution in [0.3, 0.4) is 0 Å². The maximum Gasteiger partial charge on any atom is 0.123 e. The van der Waals surface area contributed by atoms with Crippen molar-refractivity contribution in [3.8, 4) is 5.75 Å². The molecule has 1 saturated carbocycles. The monoisotopic (exact) mass is 407 g/mol. The molecule has 0 unspecified atom stereocenters. The van der Waals surface area contributed by atoms with Crippen LogP contribution in [0.5, 0.6) is 5.75 Å². The molecule has 6 heteroatoms. The van der Waals surface area contributed by atoms with Crippen LogP contribution in [-0.2, 0) is 6.54 Å². The summed E-state index contributed by atoms with van der Waals surface area (Å²) in [6.07, 6.45) is 3.36. The van der Waals surface area contributed by atoms with Crippen molar-refractivity contribution >= 4 is 11.0 Å². The second-order valence-corrected chi connectivity index (χ2v) is 8.64. The maximum atomic E-state index is 11.0. The summed E-state index contributed by atoms with van der Waals surface area (Å²) in [6.45, 7) is 3.21. The number of imidazole rings is 1. The highest BCUT2D eigenvalue weighted by atomic mass is 16.5. The smallest absolute Gasteiger partial charge is 0.123 e. The van der Waals surface area contributed by atoms with E-state index >= 15 is 0 Å². The Kier molecular flexibility index (Phi) is 5.46. The maximum absolute atomic E-state index is 11.0. The number of aromatic nitrogens is 2. The van der Waals surface area contributed by atoms with Crippen molar-refractivity contribution in [1.82, 2.24) is 14.5 Å². The fraction of sp³-hybridized carbons (Fsp3) is 0.458. The molecule has 6 nitrogen and oxygen atoms in total. The zero-order chi connectivity index (χ0) is 20.5. The predicted molar refractivity (Wildman–Crippen MR) is 115 cm³/mol. The topological polar surface area (TPSA) is 70.8 Å². The van der Waals surface area contributed by atoms with Crippen molar-refractivity contribution in [2.24, 2.45) is 11.8 Å². The quantitative estimate of drug-likeness (QED) is 0.658. The summed E-state index contributed by atoms with van der Waals surface area (Å²) in [5, 5.41) is 20.0. The van der Waals surface area contributed by atoms with E-state index in [4.69, 9.17) is 9.84 Å². The van der Waals surface area contributed by atoms with Crippen LogP contribution >= 0.6 is 0 Å². The number of fused-ring (bicyclic) bond motifs is 2. The Hall–Kier alpha value is -2.41. The first-order valence-electron chi connectivity index (χ1n) is 10.9. The molecule has 0 amide bonds. The van der Waals surface area contributed by atoms with Gasteiger partial charge in [-0.15, -0.1) is 0 Å². The van der Waals surface area contributed by atoms with Crippen LogP contribution in [0.1, 0.15) is 24.4 Å². The molecule has 30 heavy (non-hydrogen) atoms. The molecule has 5 rings (SSSR count). The summed E-state index contributed by atoms with van der Waals surface area (Å²) in [7, 11) is 0. The Bertz CT molecular complexity index is 1000. The third-order valence-corrected chi connectivity index (χ3v) is 6.74. The van der Waals surface area contributed by atoms with E-state index in [1.165, 1.54) is 0 Å². The normalized spacial score (nSPS) is 26.7. The molecule has 1 aliphatic heterocycles. The van der Waals surface area contributed by atoms with Crippen LogP contribution in [0, 0.1) is 11.8 Å². The van der Waals surface area contributed by atoms with E-state index in [1.807, 2.05) is 42.7 Å². The molecule has 2 heterocycles. The molecule has 2 aliphatic rings. The molecule has 0 spiro atoms. The fourth-order valence-corrected chi connectivity index (χ4v) is 5.35. The molecule has 1 aliphatic carbocycles. The highest BCUT2D eigenvalue weighted by Crippen LogP contribution is 2.42. The molecule has 158 valence electrons. The lowest BCUT2D eigenvalue weighted by Gasteiger charge is -2.36. The van der Waals surface area contributed by atoms with Gasteiger partial charge in [0.1, 0.15) is 12.4 Å². The van der Waals surface area contributed by atoms with E-state index in [1.54, 1.807) is 0 Å². The second kappa shape index (κ2) is 8.38. The van der Waals surface area contributed by atoms with Crippen molar-refractivity contribution in [3.63, 3.8) is 0 Å². The molecule has 2 aromatic carbocycles. The lowest BCUT2D eigenvalue weighted by molar-refractivity contribution is 0.0374. The number of aliphatic hydroxyl groups is 2. The Morgan fingerprint density at radius 2 is 1.77 bits per heavy atom. The van der Waals surface area contributed by atoms with Gasteiger partial charge in [-0.25, -0.2) is 4.98 Å². The van der Waals surface area contributed by atoms with Crippen LogP contribution < -0.4 is 4.74 Å². The number of hydrogen-bond donors (Lipinski definition) is 2. The zero-order valence-corrected chi connectivity index (χ0v) is 17.1. The van der Waals surface area contributed by atoms with Gasteiger partial charge < -0.3 is 19.5 Å². The second-order valence-electron chi connectivity index (χ2n) is 8.64. The SMILES string of the molecule is OCCOc1ccccc1CN1C[C@H]2C[C@@H](n3cnc4ccccc43)[C@H](O)C[C@H]2C1. The lowest BCUT2D eigenvalue weighted by Crippen LogP contribution is -2.36. The Morgan fingerprint density at radius 3 is 2.63 bits per heavy atom. The summed E-state index contributed by atoms with van der Waals surface area (Å²) in [5.74, 6) is 1.95. The first-order valence-corrected chi connectivity index (χ1v) is 10.9. The Labute approximate surface area is 176 Å². The predicted octanol–water partition coefficient (Wildman–Crippen LogP) is 2.85. The number of benzene rings is 2. The molecule has 0 bridgehead atoms. The van der Waals surface area contributed by atoms with Crippen LogP contribution in [-0.4, -0.2) is 57.1 Å². The van der Waals surface area contributed by atoms with Crippen molar-refractivity contribution in [1.29, 1.82) is 0 Å². The summed E-state index contributed by atoms with van der Waals surface area (Å²) in [4.78, 5) is 7.01. The van der Waals surface area contributed by atoms with E-state index in [-0.39, 0.29) is 18.8 Å². The molecule has 3 aromatic rings. The number of hydrogen-bond acceptors (Lipinski definition) is 5. The average molecular weight is 408 g/mol. The average Bonchev–Trinajstić information content (AvgIpc) is 3.35. The molecular weight excluding hydrogens is 378 g/mol. The third-order valence-electron chi connectivity index (χ3n) is 6.74. The van der Waals surface area contributed by atoms with Gasteiger partial charge in [-0.05, 0) is 42.9 Å². The number of rotatable bonds is 6. The standard InChI is InChI=1S/C24H29N3O3/c28-9-10-30-24-8-4-1-5-17(24)13-26-14-18-11-22(23(29)12-19(18)15-26)27-16-25-20-6-2-3-7-21(20)27/h1-8,16,18-19,22-23,28-29H,9-15H2/t18-,19+,22-,23-/m1/s1. The van der Waals surface area contributed by atoms with Gasteiger partial charge in [0.2, 0.25) is 0 Å². The van der Waals surface area contributed by atoms with E-state index in [0.717, 1.165) is 54.8 Å². The van der Waals surface area contributed by atoms with Crippen LogP contribution in [0.2, 0.25) is 0 Å². The number of likely N-dealkylation sites (tertiary alicyclic amines) is 1. The summed E-state index contributed by atoms with van der Waals surface area (Å²) >= 11 is 0. The summed E-state index contributed by atoms with van der Waals surface area (Å²) < 4.78 is 7.89. The molecule has 2 N–H and O–H groups in total. The Balaban J connectivity index is 1.30. The number of aliphatic hydroxyl groups excluding tert-OH is 2. The van der Waals surface area contributed by atoms with Gasteiger partial charge in [0.25, 0.3) is 0 Å². The first kappa shape index (κ1) is 19.5. The van der Waals surface area contributed by atoms with Crippen LogP contribution in [0.4, 0.5) is 0 Å². The summed E-state index contributed by atoms with van der Waals surface area (Å²) in [5.41, 5.74) is 3.24. The van der Waals surface area contributed by atoms with Gasteiger partial charge in [0.15, 0.2) is 0 Å². The molecule has 1 aromatic heterocycles. The first-order chi connectivity index (χ1) is 14.7. The van der Waals surface area contributed by atoms with Crippen molar-refractivity contribution in [2.45, 2.75) is 31.5 Å². The molecule has 0 radical (unpaired) electrons. The number of ether oxygens (including phenoxy) is 1. The lowest BCUT2D eigenvalue weighted by atomic mass is 9.77. The van der Waals surface area contributed by atoms with Crippen LogP contribution in [0.25, 0.3) is 11.0 Å². The zero-order valence-electron chi connectivity index (χ0n) is 17.1. The third kappa shape index (κ3) is 3.71. The van der Waals surface area contributed by atoms with Gasteiger partial charge >= 0.3 is 0 Å². The molecular formula is C24H29N3O3. The van der Waals surface area contributed by atoms with Crippen molar-refractivity contribution < 1.29 is 14.9 Å². The fourth-order valence-electron chi connectivity index (χ4n) is 5.35. The minimum atomic E-state index is -0.344. The highest BCUT2D eigenvalue weighted by Gasteiger charge is 2.42. The van der Waals surface area contributed by atoms with Gasteiger partial charge in [0.05, 0.1) is 36.1 Å². The largest absolute Gasteiger partial charge is 0.491 e. The molecule has 2 fully saturated rings. The highest BCUT2D eigenvalue weighted by molar-refractivity contribution is 5.75. The van der Waals surface area contributed by atoms with Gasteiger partial charge in [-0.1, -0.05) is 30.3 Å². The number of para-hydroxylation sites is 3. The number of nitrogens with zero attached hydrogens (tertiary/aromatic N) is 3. The Morgan fingerprint density at radius 1 is 1.00 bits per heavy atom. The van der Waals surface area contributed by atoms with Crippen molar-refractivity contribution in [3.05, 3.63) is 60.4 Å². The molecule has 4 atom stereocenters. The molecule has 1 saturated heterocycles.